The smallest absolute Gasteiger partial charge is 0.312 e. The number of carbonyl (C=O) groups is 3. The van der Waals surface area contributed by atoms with E-state index < -0.39 is 63.3 Å². The average molecular weight is 962 g/mol. The number of esters is 3. The minimum Gasteiger partial charge on any atom is -0.461 e. The number of allylic oxidation sites excluding steroid dienone is 4. The highest BCUT2D eigenvalue weighted by molar-refractivity contribution is 5.78. The van der Waals surface area contributed by atoms with Gasteiger partial charge in [0.05, 0.1) is 28.5 Å². The van der Waals surface area contributed by atoms with Gasteiger partial charge in [0.15, 0.2) is 6.10 Å². The lowest BCUT2D eigenvalue weighted by Crippen LogP contribution is -2.40. The molecule has 0 rings (SSSR count). The number of aliphatic hydroxyl groups is 2. The molecule has 5 atom stereocenters. The Morgan fingerprint density at radius 1 is 0.485 bits per heavy atom. The van der Waals surface area contributed by atoms with Gasteiger partial charge in [-0.1, -0.05) is 157 Å². The predicted octanol–water partition coefficient (Wildman–Crippen LogP) is 12.0. The second-order valence-corrected chi connectivity index (χ2v) is 24.3. The number of rotatable bonds is 38. The number of unbranched alkanes of at least 4 members (excludes halogenated alkanes) is 6. The summed E-state index contributed by atoms with van der Waals surface area (Å²) in [7, 11) is 0. The number of hydrogen-bond donors (Lipinski definition) is 5. The molecule has 0 amide bonds. The maximum atomic E-state index is 14.1. The van der Waals surface area contributed by atoms with Crippen molar-refractivity contribution in [1.82, 2.24) is 0 Å². The maximum Gasteiger partial charge on any atom is 0.312 e. The summed E-state index contributed by atoms with van der Waals surface area (Å²) in [5.41, 5.74) is 14.9. The molecule has 0 radical (unpaired) electrons. The van der Waals surface area contributed by atoms with Gasteiger partial charge in [-0.15, -0.1) is 0 Å². The number of nitrogens with two attached hydrogens (primary N) is 3. The molecule has 0 aromatic heterocycles. The van der Waals surface area contributed by atoms with E-state index in [4.69, 9.17) is 31.4 Å². The Morgan fingerprint density at radius 2 is 0.824 bits per heavy atom. The first-order valence-electron chi connectivity index (χ1n) is 26.6. The van der Waals surface area contributed by atoms with Crippen LogP contribution in [0.3, 0.4) is 0 Å². The normalized spacial score (nSPS) is 16.2. The summed E-state index contributed by atoms with van der Waals surface area (Å²) in [6.07, 6.45) is 26.3. The molecule has 8 N–H and O–H groups in total. The van der Waals surface area contributed by atoms with Crippen molar-refractivity contribution in [1.29, 1.82) is 0 Å². The maximum absolute atomic E-state index is 14.1. The molecule has 0 aliphatic heterocycles. The van der Waals surface area contributed by atoms with Crippen molar-refractivity contribution in [3.05, 3.63) is 36.5 Å². The van der Waals surface area contributed by atoms with Gasteiger partial charge in [-0.3, -0.25) is 14.4 Å². The third kappa shape index (κ3) is 28.9. The third-order valence-corrected chi connectivity index (χ3v) is 13.0. The van der Waals surface area contributed by atoms with Crippen LogP contribution in [-0.2, 0) is 28.6 Å². The van der Waals surface area contributed by atoms with Gasteiger partial charge in [-0.05, 0) is 122 Å². The Kier molecular flexibility index (Phi) is 30.5. The first kappa shape index (κ1) is 65.4. The molecule has 0 fully saturated rings. The molecule has 0 aromatic carbocycles. The van der Waals surface area contributed by atoms with Gasteiger partial charge in [0.2, 0.25) is 0 Å². The van der Waals surface area contributed by atoms with Crippen LogP contribution in [0, 0.1) is 32.5 Å². The van der Waals surface area contributed by atoms with Crippen molar-refractivity contribution in [2.24, 2.45) is 49.7 Å². The Bertz CT molecular complexity index is 1440. The van der Waals surface area contributed by atoms with Crippen molar-refractivity contribution in [3.8, 4) is 0 Å². The van der Waals surface area contributed by atoms with E-state index in [2.05, 4.69) is 46.8 Å². The number of carbonyl (C=O) groups excluding carboxylic acids is 3. The van der Waals surface area contributed by atoms with E-state index in [-0.39, 0.29) is 36.8 Å². The van der Waals surface area contributed by atoms with Gasteiger partial charge in [-0.2, -0.15) is 0 Å². The fraction of sp³-hybridized carbons (Fsp3) is 0.842. The van der Waals surface area contributed by atoms with Gasteiger partial charge in [0.1, 0.15) is 13.2 Å². The van der Waals surface area contributed by atoms with Gasteiger partial charge in [-0.25, -0.2) is 0 Å². The van der Waals surface area contributed by atoms with Crippen LogP contribution in [0.4, 0.5) is 0 Å². The Balaban J connectivity index is 6.10. The molecule has 0 spiro atoms. The number of hydrogen-bond acceptors (Lipinski definition) is 11. The fourth-order valence-corrected chi connectivity index (χ4v) is 9.53. The van der Waals surface area contributed by atoms with Crippen LogP contribution in [0.5, 0.6) is 0 Å². The molecule has 0 bridgehead atoms. The Morgan fingerprint density at radius 3 is 1.19 bits per heavy atom. The monoisotopic (exact) mass is 962 g/mol. The SMILES string of the molecule is CCCCCC(N)CC/C=C/C(C)(C)CC(C)(C)C(=O)OC(COC(=O)C(C)(C)CC(C)(C)/C=C/CC(O)C(N)CCCCC)COC(=O)C(C)(C)CC(C)(C)/C=C/CC(O)C(N)CCCCC. The summed E-state index contributed by atoms with van der Waals surface area (Å²) in [6.45, 7) is 29.2. The van der Waals surface area contributed by atoms with E-state index in [0.29, 0.717) is 32.1 Å². The van der Waals surface area contributed by atoms with Gasteiger partial charge in [0, 0.05) is 18.1 Å². The van der Waals surface area contributed by atoms with Crippen LogP contribution >= 0.6 is 0 Å². The van der Waals surface area contributed by atoms with Crippen LogP contribution in [0.25, 0.3) is 0 Å². The summed E-state index contributed by atoms with van der Waals surface area (Å²) in [5.74, 6) is -1.42. The molecule has 0 aromatic rings. The van der Waals surface area contributed by atoms with Crippen LogP contribution in [0.1, 0.15) is 226 Å². The van der Waals surface area contributed by atoms with E-state index >= 15 is 0 Å². The minimum atomic E-state index is -1.05. The molecule has 0 saturated carbocycles. The van der Waals surface area contributed by atoms with Crippen LogP contribution in [0.15, 0.2) is 36.5 Å². The van der Waals surface area contributed by atoms with Crippen LogP contribution < -0.4 is 17.2 Å². The molecule has 398 valence electrons. The topological polar surface area (TPSA) is 197 Å². The van der Waals surface area contributed by atoms with E-state index in [9.17, 15) is 24.6 Å². The third-order valence-electron chi connectivity index (χ3n) is 13.0. The van der Waals surface area contributed by atoms with E-state index in [1.807, 2.05) is 93.5 Å². The lowest BCUT2D eigenvalue weighted by Gasteiger charge is -2.34. The van der Waals surface area contributed by atoms with Crippen LogP contribution in [-0.4, -0.2) is 77.8 Å². The van der Waals surface area contributed by atoms with Crippen LogP contribution in [0.2, 0.25) is 0 Å². The fourth-order valence-electron chi connectivity index (χ4n) is 9.53. The number of aliphatic hydroxyl groups excluding tert-OH is 2. The van der Waals surface area contributed by atoms with E-state index in [1.165, 1.54) is 12.8 Å². The predicted molar refractivity (Wildman–Crippen MR) is 283 cm³/mol. The van der Waals surface area contributed by atoms with Gasteiger partial charge in [0.25, 0.3) is 0 Å². The molecular weight excluding hydrogens is 855 g/mol. The Hall–Kier alpha value is -2.57. The summed E-state index contributed by atoms with van der Waals surface area (Å²) >= 11 is 0. The molecule has 5 unspecified atom stereocenters. The van der Waals surface area contributed by atoms with Crippen molar-refractivity contribution in [3.63, 3.8) is 0 Å². The minimum absolute atomic E-state index is 0.174. The molecule has 0 saturated heterocycles. The quantitative estimate of drug-likeness (QED) is 0.0171. The standard InChI is InChI=1S/C57H107N3O8/c1-16-19-22-29-43(58)30-25-26-35-52(4,5)42-57(14,15)51(65)68-44(38-66-49(63)55(10,11)40-53(6,7)36-27-33-47(61)45(59)31-23-20-17-2)39-67-50(64)56(12,13)41-54(8,9)37-28-34-48(62)46(60)32-24-21-18-3/h26-28,35-37,43-48,61-62H,16-25,29-34,38-42,58-60H2,1-15H3/b35-26+,36-27+,37-28+. The van der Waals surface area contributed by atoms with Crippen molar-refractivity contribution >= 4 is 17.9 Å². The number of ether oxygens (including phenoxy) is 3. The first-order valence-corrected chi connectivity index (χ1v) is 26.6. The summed E-state index contributed by atoms with van der Waals surface area (Å²) in [6, 6.07) is -0.397. The van der Waals surface area contributed by atoms with E-state index in [1.54, 1.807) is 0 Å². The molecule has 11 nitrogen and oxygen atoms in total. The largest absolute Gasteiger partial charge is 0.461 e. The zero-order valence-corrected chi connectivity index (χ0v) is 46.4. The highest BCUT2D eigenvalue weighted by Crippen LogP contribution is 2.39. The highest BCUT2D eigenvalue weighted by atomic mass is 16.6. The second kappa shape index (κ2) is 31.7. The van der Waals surface area contributed by atoms with Gasteiger partial charge < -0.3 is 41.6 Å². The van der Waals surface area contributed by atoms with E-state index in [0.717, 1.165) is 77.0 Å². The lowest BCUT2D eigenvalue weighted by atomic mass is 9.74. The second-order valence-electron chi connectivity index (χ2n) is 24.3. The molecule has 0 heterocycles. The summed E-state index contributed by atoms with van der Waals surface area (Å²) < 4.78 is 18.0. The van der Waals surface area contributed by atoms with Gasteiger partial charge >= 0.3 is 17.9 Å². The molecule has 0 aliphatic rings. The zero-order valence-electron chi connectivity index (χ0n) is 46.4. The van der Waals surface area contributed by atoms with Crippen molar-refractivity contribution in [2.45, 2.75) is 262 Å². The first-order chi connectivity index (χ1) is 31.4. The molecule has 0 aliphatic carbocycles. The molecular formula is C57H107N3O8. The Labute approximate surface area is 417 Å². The average Bonchev–Trinajstić information content (AvgIpc) is 3.21. The molecule has 68 heavy (non-hydrogen) atoms. The van der Waals surface area contributed by atoms with Crippen molar-refractivity contribution in [2.75, 3.05) is 13.2 Å². The summed E-state index contributed by atoms with van der Waals surface area (Å²) in [4.78, 5) is 41.7. The highest BCUT2D eigenvalue weighted by Gasteiger charge is 2.40. The summed E-state index contributed by atoms with van der Waals surface area (Å²) in [5, 5.41) is 21.3. The van der Waals surface area contributed by atoms with Crippen molar-refractivity contribution < 1.29 is 38.8 Å². The lowest BCUT2D eigenvalue weighted by molar-refractivity contribution is -0.179. The zero-order chi connectivity index (χ0) is 52.4. The molecule has 11 heteroatoms.